The molecule has 0 radical (unpaired) electrons. The number of amides is 1. The fraction of sp³-hybridized carbons (Fsp3) is 0.583. The highest BCUT2D eigenvalue weighted by Gasteiger charge is 2.35. The predicted molar refractivity (Wildman–Crippen MR) is 133 cm³/mol. The Morgan fingerprint density at radius 3 is 2.38 bits per heavy atom. The quantitative estimate of drug-likeness (QED) is 0.296. The number of anilines is 1. The number of ether oxygens (including phenoxy) is 2. The Hall–Kier alpha value is -3.11. The normalized spacial score (nSPS) is 19.9. The smallest absolute Gasteiger partial charge is 0.434 e. The average molecular weight is 573 g/mol. The van der Waals surface area contributed by atoms with Crippen molar-refractivity contribution in [2.45, 2.75) is 53.5 Å². The highest BCUT2D eigenvalue weighted by molar-refractivity contribution is 7.47. The van der Waals surface area contributed by atoms with Crippen molar-refractivity contribution in [3.05, 3.63) is 23.3 Å². The van der Waals surface area contributed by atoms with Crippen LogP contribution in [0.2, 0.25) is 0 Å². The van der Waals surface area contributed by atoms with Crippen molar-refractivity contribution < 1.29 is 46.3 Å². The maximum absolute atomic E-state index is 15.3. The lowest BCUT2D eigenvalue weighted by atomic mass is 9.92. The molecule has 1 amide bonds. The minimum Gasteiger partial charge on any atom is -0.434 e. The number of carbonyl (C=O) groups excluding carboxylic acids is 2. The van der Waals surface area contributed by atoms with Gasteiger partial charge in [-0.25, -0.2) is 28.0 Å². The molecule has 0 unspecified atom stereocenters. The Balaban J connectivity index is 1.94. The maximum Gasteiger partial charge on any atom is 0.510 e. The molecule has 1 aromatic carbocycles. The minimum absolute atomic E-state index is 0.0366. The summed E-state index contributed by atoms with van der Waals surface area (Å²) in [6.45, 7) is 9.12. The van der Waals surface area contributed by atoms with Crippen molar-refractivity contribution in [2.24, 2.45) is 11.3 Å². The van der Waals surface area contributed by atoms with E-state index in [1.807, 2.05) is 20.8 Å². The second-order valence-corrected chi connectivity index (χ2v) is 12.7. The van der Waals surface area contributed by atoms with Crippen LogP contribution in [-0.2, 0) is 33.4 Å². The third kappa shape index (κ3) is 7.30. The van der Waals surface area contributed by atoms with Gasteiger partial charge >= 0.3 is 14.0 Å². The summed E-state index contributed by atoms with van der Waals surface area (Å²) in [4.78, 5) is 40.2. The van der Waals surface area contributed by atoms with Crippen LogP contribution in [-0.4, -0.2) is 53.1 Å². The lowest BCUT2D eigenvalue weighted by molar-refractivity contribution is -0.121. The van der Waals surface area contributed by atoms with Gasteiger partial charge in [-0.15, -0.1) is 0 Å². The van der Waals surface area contributed by atoms with Crippen molar-refractivity contribution in [2.75, 3.05) is 31.5 Å². The van der Waals surface area contributed by atoms with Crippen LogP contribution in [0.1, 0.15) is 53.5 Å². The number of carbonyl (C=O) groups is 2. The standard InChI is InChI=1S/C24H31F2N4O8P/c1-23(2,3)8-17(31)29(13-36-22(32)35-10-14-11-37-39(33,34)38-12-14)21-28-19-16(25)7-15(9-27)18(26)20(19)30(21)24(4,5)6/h7,14H,8,10-13H2,1-6H3,(H,33,34). The zero-order valence-electron chi connectivity index (χ0n) is 22.5. The summed E-state index contributed by atoms with van der Waals surface area (Å²) < 4.78 is 62.3. The van der Waals surface area contributed by atoms with E-state index < -0.39 is 66.2 Å². The molecule has 2 heterocycles. The third-order valence-electron chi connectivity index (χ3n) is 5.51. The number of phosphoric acid groups is 1. The fourth-order valence-corrected chi connectivity index (χ4v) is 4.65. The van der Waals surface area contributed by atoms with Crippen LogP contribution < -0.4 is 4.90 Å². The highest BCUT2D eigenvalue weighted by Crippen LogP contribution is 2.46. The molecule has 1 aliphatic heterocycles. The lowest BCUT2D eigenvalue weighted by Crippen LogP contribution is -2.40. The first kappa shape index (κ1) is 30.4. The van der Waals surface area contributed by atoms with E-state index in [4.69, 9.17) is 9.47 Å². The summed E-state index contributed by atoms with van der Waals surface area (Å²) in [7, 11) is -4.10. The Labute approximate surface area is 224 Å². The number of nitriles is 1. The lowest BCUT2D eigenvalue weighted by Gasteiger charge is -2.30. The summed E-state index contributed by atoms with van der Waals surface area (Å²) in [6.07, 6.45) is -1.21. The number of aromatic nitrogens is 2. The van der Waals surface area contributed by atoms with Gasteiger partial charge in [0, 0.05) is 17.9 Å². The molecule has 2 aromatic rings. The fourth-order valence-electron chi connectivity index (χ4n) is 3.78. The molecule has 0 bridgehead atoms. The highest BCUT2D eigenvalue weighted by atomic mass is 31.2. The first-order valence-electron chi connectivity index (χ1n) is 12.0. The van der Waals surface area contributed by atoms with Gasteiger partial charge in [-0.1, -0.05) is 20.8 Å². The number of hydrogen-bond donors (Lipinski definition) is 1. The number of phosphoric ester groups is 1. The second-order valence-electron chi connectivity index (χ2n) is 11.3. The first-order chi connectivity index (χ1) is 17.9. The van der Waals surface area contributed by atoms with E-state index in [1.165, 1.54) is 4.57 Å². The van der Waals surface area contributed by atoms with E-state index in [0.29, 0.717) is 0 Å². The molecule has 1 aliphatic rings. The van der Waals surface area contributed by atoms with Crippen LogP contribution in [0.5, 0.6) is 0 Å². The largest absolute Gasteiger partial charge is 0.510 e. The number of fused-ring (bicyclic) bond motifs is 1. The molecule has 0 aliphatic carbocycles. The first-order valence-corrected chi connectivity index (χ1v) is 13.5. The SMILES string of the molecule is CC(C)(C)CC(=O)N(COC(=O)OCC1COP(=O)(O)OC1)c1nc2c(F)cc(C#N)c(F)c2n1C(C)(C)C. The third-order valence-corrected chi connectivity index (χ3v) is 6.46. The summed E-state index contributed by atoms with van der Waals surface area (Å²) in [5.74, 6) is -3.24. The molecule has 214 valence electrons. The Bertz CT molecular complexity index is 1350. The van der Waals surface area contributed by atoms with E-state index in [1.54, 1.807) is 26.8 Å². The minimum atomic E-state index is -4.10. The van der Waals surface area contributed by atoms with Gasteiger partial charge in [-0.05, 0) is 32.3 Å². The molecule has 0 saturated carbocycles. The average Bonchev–Trinajstić information content (AvgIpc) is 3.21. The van der Waals surface area contributed by atoms with Crippen molar-refractivity contribution in [3.8, 4) is 6.07 Å². The molecule has 1 aromatic heterocycles. The van der Waals surface area contributed by atoms with Gasteiger partial charge < -0.3 is 18.9 Å². The van der Waals surface area contributed by atoms with Crippen molar-refractivity contribution in [1.29, 1.82) is 5.26 Å². The van der Waals surface area contributed by atoms with E-state index in [0.717, 1.165) is 11.0 Å². The number of imidazole rings is 1. The Kier molecular flexibility index (Phi) is 8.72. The summed E-state index contributed by atoms with van der Waals surface area (Å²) in [6, 6.07) is 2.34. The molecular formula is C24H31F2N4O8P. The number of benzene rings is 1. The van der Waals surface area contributed by atoms with Crippen molar-refractivity contribution >= 4 is 36.9 Å². The van der Waals surface area contributed by atoms with Crippen LogP contribution in [0, 0.1) is 34.3 Å². The van der Waals surface area contributed by atoms with E-state index in [-0.39, 0.29) is 37.7 Å². The number of halogens is 2. The van der Waals surface area contributed by atoms with Crippen LogP contribution in [0.15, 0.2) is 6.07 Å². The summed E-state index contributed by atoms with van der Waals surface area (Å²) >= 11 is 0. The van der Waals surface area contributed by atoms with Crippen LogP contribution in [0.25, 0.3) is 11.0 Å². The van der Waals surface area contributed by atoms with Gasteiger partial charge in [0.25, 0.3) is 0 Å². The maximum atomic E-state index is 15.3. The summed E-state index contributed by atoms with van der Waals surface area (Å²) in [5, 5.41) is 9.28. The molecule has 39 heavy (non-hydrogen) atoms. The van der Waals surface area contributed by atoms with E-state index in [2.05, 4.69) is 14.0 Å². The van der Waals surface area contributed by atoms with Crippen LogP contribution in [0.4, 0.5) is 19.5 Å². The molecule has 15 heteroatoms. The molecule has 1 saturated heterocycles. The molecule has 12 nitrogen and oxygen atoms in total. The van der Waals surface area contributed by atoms with Gasteiger partial charge in [-0.3, -0.25) is 13.8 Å². The van der Waals surface area contributed by atoms with E-state index in [9.17, 15) is 28.7 Å². The molecular weight excluding hydrogens is 541 g/mol. The van der Waals surface area contributed by atoms with E-state index >= 15 is 4.39 Å². The molecule has 3 rings (SSSR count). The van der Waals surface area contributed by atoms with Gasteiger partial charge in [0.1, 0.15) is 23.7 Å². The predicted octanol–water partition coefficient (Wildman–Crippen LogP) is 4.58. The molecule has 0 spiro atoms. The van der Waals surface area contributed by atoms with Gasteiger partial charge in [0.2, 0.25) is 11.9 Å². The van der Waals surface area contributed by atoms with Crippen LogP contribution in [0.3, 0.4) is 0 Å². The molecule has 0 atom stereocenters. The van der Waals surface area contributed by atoms with Crippen LogP contribution >= 0.6 is 7.82 Å². The van der Waals surface area contributed by atoms with Gasteiger partial charge in [0.05, 0.1) is 18.8 Å². The molecule has 1 N–H and O–H groups in total. The Morgan fingerprint density at radius 1 is 1.23 bits per heavy atom. The van der Waals surface area contributed by atoms with Gasteiger partial charge in [0.15, 0.2) is 18.4 Å². The number of nitrogens with zero attached hydrogens (tertiary/aromatic N) is 4. The van der Waals surface area contributed by atoms with Crippen molar-refractivity contribution in [1.82, 2.24) is 9.55 Å². The number of hydrogen-bond acceptors (Lipinski definition) is 9. The zero-order chi connectivity index (χ0) is 29.3. The zero-order valence-corrected chi connectivity index (χ0v) is 23.4. The molecule has 1 fully saturated rings. The topological polar surface area (TPSA) is 153 Å². The van der Waals surface area contributed by atoms with Crippen molar-refractivity contribution in [3.63, 3.8) is 0 Å². The second kappa shape index (κ2) is 11.2. The van der Waals surface area contributed by atoms with Gasteiger partial charge in [-0.2, -0.15) is 5.26 Å². The monoisotopic (exact) mass is 572 g/mol. The Morgan fingerprint density at radius 2 is 1.85 bits per heavy atom. The summed E-state index contributed by atoms with van der Waals surface area (Å²) in [5.41, 5.74) is -2.71. The number of rotatable bonds is 6.